The van der Waals surface area contributed by atoms with Gasteiger partial charge in [0, 0.05) is 37.1 Å². The summed E-state index contributed by atoms with van der Waals surface area (Å²) < 4.78 is 2.09. The smallest absolute Gasteiger partial charge is 0.0945 e. The van der Waals surface area contributed by atoms with Crippen LogP contribution in [0.4, 0.5) is 5.69 Å². The molecule has 4 heteroatoms. The second kappa shape index (κ2) is 7.07. The summed E-state index contributed by atoms with van der Waals surface area (Å²) in [5, 5.41) is 3.41. The number of nitrogens with one attached hydrogen (secondary N) is 1. The summed E-state index contributed by atoms with van der Waals surface area (Å²) in [5.74, 6) is 0.678. The third kappa shape index (κ3) is 4.08. The van der Waals surface area contributed by atoms with Gasteiger partial charge in [-0.25, -0.2) is 4.98 Å². The van der Waals surface area contributed by atoms with Gasteiger partial charge in [-0.2, -0.15) is 0 Å². The van der Waals surface area contributed by atoms with Crippen molar-refractivity contribution in [2.45, 2.75) is 19.4 Å². The average molecular weight is 264 g/mol. The van der Waals surface area contributed by atoms with E-state index in [0.29, 0.717) is 5.88 Å². The van der Waals surface area contributed by atoms with Gasteiger partial charge in [-0.1, -0.05) is 12.1 Å². The number of nitrogens with zero attached hydrogens (tertiary/aromatic N) is 2. The highest BCUT2D eigenvalue weighted by Gasteiger charge is 1.95. The Kier molecular flexibility index (Phi) is 5.09. The SMILES string of the molecule is ClCCc1ccc(NCCCn2ccnc2)cc1. The molecule has 1 aromatic carbocycles. The molecule has 0 aliphatic carbocycles. The van der Waals surface area contributed by atoms with E-state index in [9.17, 15) is 0 Å². The molecule has 0 aliphatic heterocycles. The van der Waals surface area contributed by atoms with E-state index in [0.717, 1.165) is 25.9 Å². The van der Waals surface area contributed by atoms with E-state index in [1.165, 1.54) is 11.3 Å². The lowest BCUT2D eigenvalue weighted by molar-refractivity contribution is 0.661. The Morgan fingerprint density at radius 1 is 1.22 bits per heavy atom. The first-order valence-corrected chi connectivity index (χ1v) is 6.76. The van der Waals surface area contributed by atoms with Gasteiger partial charge >= 0.3 is 0 Å². The van der Waals surface area contributed by atoms with E-state index in [2.05, 4.69) is 39.1 Å². The minimum Gasteiger partial charge on any atom is -0.385 e. The minimum atomic E-state index is 0.678. The summed E-state index contributed by atoms with van der Waals surface area (Å²) >= 11 is 5.70. The van der Waals surface area contributed by atoms with Crippen LogP contribution in [0.25, 0.3) is 0 Å². The average Bonchev–Trinajstić information content (AvgIpc) is 2.90. The number of rotatable bonds is 7. The third-order valence-electron chi connectivity index (χ3n) is 2.82. The fourth-order valence-electron chi connectivity index (χ4n) is 1.81. The highest BCUT2D eigenvalue weighted by molar-refractivity contribution is 6.17. The van der Waals surface area contributed by atoms with Crippen LogP contribution in [0.2, 0.25) is 0 Å². The molecule has 0 atom stereocenters. The molecule has 2 rings (SSSR count). The first kappa shape index (κ1) is 13.0. The summed E-state index contributed by atoms with van der Waals surface area (Å²) in [7, 11) is 0. The van der Waals surface area contributed by atoms with Crippen molar-refractivity contribution in [2.75, 3.05) is 17.7 Å². The molecule has 1 N–H and O–H groups in total. The van der Waals surface area contributed by atoms with Crippen LogP contribution < -0.4 is 5.32 Å². The number of aryl methyl sites for hydroxylation is 2. The van der Waals surface area contributed by atoms with E-state index < -0.39 is 0 Å². The van der Waals surface area contributed by atoms with Crippen LogP contribution in [0.1, 0.15) is 12.0 Å². The maximum Gasteiger partial charge on any atom is 0.0945 e. The Labute approximate surface area is 113 Å². The molecule has 1 heterocycles. The maximum atomic E-state index is 5.70. The van der Waals surface area contributed by atoms with Gasteiger partial charge in [0.15, 0.2) is 0 Å². The Hall–Kier alpha value is -1.48. The van der Waals surface area contributed by atoms with Gasteiger partial charge in [0.1, 0.15) is 0 Å². The molecular weight excluding hydrogens is 246 g/mol. The summed E-state index contributed by atoms with van der Waals surface area (Å²) in [6.45, 7) is 1.96. The monoisotopic (exact) mass is 263 g/mol. The van der Waals surface area contributed by atoms with Crippen LogP contribution in [-0.4, -0.2) is 22.0 Å². The normalized spacial score (nSPS) is 10.5. The second-order valence-electron chi connectivity index (χ2n) is 4.22. The van der Waals surface area contributed by atoms with Crippen molar-refractivity contribution >= 4 is 17.3 Å². The van der Waals surface area contributed by atoms with Crippen LogP contribution in [0.15, 0.2) is 43.0 Å². The van der Waals surface area contributed by atoms with Crippen molar-refractivity contribution in [1.82, 2.24) is 9.55 Å². The number of anilines is 1. The Morgan fingerprint density at radius 3 is 2.72 bits per heavy atom. The molecule has 1 aromatic heterocycles. The molecule has 0 saturated heterocycles. The van der Waals surface area contributed by atoms with E-state index in [1.807, 2.05) is 18.7 Å². The first-order chi connectivity index (χ1) is 8.88. The van der Waals surface area contributed by atoms with Crippen LogP contribution in [0, 0.1) is 0 Å². The van der Waals surface area contributed by atoms with Gasteiger partial charge in [0.25, 0.3) is 0 Å². The lowest BCUT2D eigenvalue weighted by Gasteiger charge is -2.07. The van der Waals surface area contributed by atoms with Gasteiger partial charge in [0.2, 0.25) is 0 Å². The van der Waals surface area contributed by atoms with Crippen LogP contribution in [0.5, 0.6) is 0 Å². The van der Waals surface area contributed by atoms with E-state index in [-0.39, 0.29) is 0 Å². The molecule has 0 radical (unpaired) electrons. The molecule has 96 valence electrons. The highest BCUT2D eigenvalue weighted by Crippen LogP contribution is 2.10. The Bertz CT molecular complexity index is 437. The minimum absolute atomic E-state index is 0.678. The quantitative estimate of drug-likeness (QED) is 0.614. The predicted octanol–water partition coefficient (Wildman–Crippen LogP) is 3.17. The fraction of sp³-hybridized carbons (Fsp3) is 0.357. The van der Waals surface area contributed by atoms with Gasteiger partial charge in [0.05, 0.1) is 6.33 Å². The molecule has 0 fully saturated rings. The third-order valence-corrected chi connectivity index (χ3v) is 3.01. The number of hydrogen-bond acceptors (Lipinski definition) is 2. The summed E-state index contributed by atoms with van der Waals surface area (Å²) in [6, 6.07) is 8.47. The number of imidazole rings is 1. The van der Waals surface area contributed by atoms with E-state index >= 15 is 0 Å². The number of hydrogen-bond donors (Lipinski definition) is 1. The molecule has 3 nitrogen and oxygen atoms in total. The second-order valence-corrected chi connectivity index (χ2v) is 4.59. The van der Waals surface area contributed by atoms with Gasteiger partial charge in [-0.05, 0) is 30.5 Å². The molecule has 0 bridgehead atoms. The zero-order valence-corrected chi connectivity index (χ0v) is 11.1. The molecule has 0 unspecified atom stereocenters. The van der Waals surface area contributed by atoms with Crippen LogP contribution in [-0.2, 0) is 13.0 Å². The lowest BCUT2D eigenvalue weighted by Crippen LogP contribution is -2.05. The molecular formula is C14H18ClN3. The molecule has 0 amide bonds. The number of alkyl halides is 1. The molecule has 2 aromatic rings. The van der Waals surface area contributed by atoms with Crippen molar-refractivity contribution in [2.24, 2.45) is 0 Å². The van der Waals surface area contributed by atoms with Crippen molar-refractivity contribution in [3.63, 3.8) is 0 Å². The van der Waals surface area contributed by atoms with Crippen molar-refractivity contribution in [3.8, 4) is 0 Å². The summed E-state index contributed by atoms with van der Waals surface area (Å²) in [5.41, 5.74) is 2.45. The first-order valence-electron chi connectivity index (χ1n) is 6.23. The number of halogens is 1. The zero-order chi connectivity index (χ0) is 12.6. The van der Waals surface area contributed by atoms with Crippen molar-refractivity contribution in [3.05, 3.63) is 48.5 Å². The van der Waals surface area contributed by atoms with Crippen molar-refractivity contribution in [1.29, 1.82) is 0 Å². The summed E-state index contributed by atoms with van der Waals surface area (Å²) in [6.07, 6.45) is 7.66. The fourth-order valence-corrected chi connectivity index (χ4v) is 2.03. The topological polar surface area (TPSA) is 29.9 Å². The number of benzene rings is 1. The van der Waals surface area contributed by atoms with Gasteiger partial charge in [-0.3, -0.25) is 0 Å². The van der Waals surface area contributed by atoms with E-state index in [1.54, 1.807) is 0 Å². The largest absolute Gasteiger partial charge is 0.385 e. The Balaban J connectivity index is 1.69. The van der Waals surface area contributed by atoms with Crippen molar-refractivity contribution < 1.29 is 0 Å². The number of aromatic nitrogens is 2. The predicted molar refractivity (Wildman–Crippen MR) is 76.2 cm³/mol. The van der Waals surface area contributed by atoms with E-state index in [4.69, 9.17) is 11.6 Å². The van der Waals surface area contributed by atoms with Crippen LogP contribution in [0.3, 0.4) is 0 Å². The zero-order valence-electron chi connectivity index (χ0n) is 10.3. The summed E-state index contributed by atoms with van der Waals surface area (Å²) in [4.78, 5) is 4.02. The maximum absolute atomic E-state index is 5.70. The molecule has 0 saturated carbocycles. The molecule has 0 aliphatic rings. The molecule has 18 heavy (non-hydrogen) atoms. The highest BCUT2D eigenvalue weighted by atomic mass is 35.5. The standard InChI is InChI=1S/C14H18ClN3/c15-7-6-13-2-4-14(5-3-13)17-8-1-10-18-11-9-16-12-18/h2-5,9,11-12,17H,1,6-8,10H2. The van der Waals surface area contributed by atoms with Gasteiger partial charge < -0.3 is 9.88 Å². The Morgan fingerprint density at radius 2 is 2.06 bits per heavy atom. The van der Waals surface area contributed by atoms with Crippen LogP contribution >= 0.6 is 11.6 Å². The lowest BCUT2D eigenvalue weighted by atomic mass is 10.1. The molecule has 0 spiro atoms. The van der Waals surface area contributed by atoms with Gasteiger partial charge in [-0.15, -0.1) is 11.6 Å².